The Balaban J connectivity index is 1.45. The van der Waals surface area contributed by atoms with Crippen molar-refractivity contribution >= 4 is 28.8 Å². The lowest BCUT2D eigenvalue weighted by molar-refractivity contribution is -0.142. The standard InChI is InChI=1S/C20H21N5O5/c1-3-29-17(27)6-12-8-21-20(22-9-12)23-16(26)10-25-19(28)14-7-15(13-4-5-13)30-18(14)11(2)24-25/h7-9,13H,3-6,10H2,1-2H3,(H,21,22,23,26). The number of carbonyl (C=O) groups excluding carboxylic acids is 2. The average Bonchev–Trinajstić information content (AvgIpc) is 3.45. The molecular formula is C20H21N5O5. The molecule has 0 aromatic carbocycles. The Morgan fingerprint density at radius 2 is 2.03 bits per heavy atom. The van der Waals surface area contributed by atoms with Crippen molar-refractivity contribution in [2.75, 3.05) is 11.9 Å². The van der Waals surface area contributed by atoms with Crippen LogP contribution in [0.5, 0.6) is 0 Å². The molecule has 10 heteroatoms. The summed E-state index contributed by atoms with van der Waals surface area (Å²) in [7, 11) is 0. The highest BCUT2D eigenvalue weighted by Gasteiger charge is 2.28. The van der Waals surface area contributed by atoms with Gasteiger partial charge in [-0.05, 0) is 32.8 Å². The van der Waals surface area contributed by atoms with E-state index in [1.807, 2.05) is 0 Å². The van der Waals surface area contributed by atoms with Crippen LogP contribution in [0.2, 0.25) is 0 Å². The average molecular weight is 411 g/mol. The molecule has 156 valence electrons. The molecule has 4 rings (SSSR count). The van der Waals surface area contributed by atoms with Gasteiger partial charge >= 0.3 is 5.97 Å². The van der Waals surface area contributed by atoms with Crippen LogP contribution in [-0.4, -0.2) is 38.2 Å². The number of nitrogens with zero attached hydrogens (tertiary/aromatic N) is 4. The number of fused-ring (bicyclic) bond motifs is 1. The van der Waals surface area contributed by atoms with Crippen LogP contribution in [0.1, 0.15) is 42.7 Å². The van der Waals surface area contributed by atoms with Gasteiger partial charge in [0, 0.05) is 23.9 Å². The van der Waals surface area contributed by atoms with Crippen molar-refractivity contribution < 1.29 is 18.7 Å². The van der Waals surface area contributed by atoms with Gasteiger partial charge < -0.3 is 9.15 Å². The van der Waals surface area contributed by atoms with Gasteiger partial charge in [-0.3, -0.25) is 19.7 Å². The molecule has 1 amide bonds. The number of hydrogen-bond donors (Lipinski definition) is 1. The first-order valence-electron chi connectivity index (χ1n) is 9.72. The lowest BCUT2D eigenvalue weighted by Gasteiger charge is -2.07. The largest absolute Gasteiger partial charge is 0.466 e. The third-order valence-electron chi connectivity index (χ3n) is 4.70. The van der Waals surface area contributed by atoms with E-state index in [4.69, 9.17) is 9.15 Å². The van der Waals surface area contributed by atoms with Crippen molar-refractivity contribution in [2.45, 2.75) is 45.6 Å². The third-order valence-corrected chi connectivity index (χ3v) is 4.70. The van der Waals surface area contributed by atoms with Crippen LogP contribution in [0.3, 0.4) is 0 Å². The fourth-order valence-electron chi connectivity index (χ4n) is 3.11. The molecule has 30 heavy (non-hydrogen) atoms. The number of carbonyl (C=O) groups is 2. The van der Waals surface area contributed by atoms with Crippen molar-refractivity contribution in [1.29, 1.82) is 0 Å². The van der Waals surface area contributed by atoms with Crippen LogP contribution in [0.4, 0.5) is 5.95 Å². The zero-order chi connectivity index (χ0) is 21.3. The van der Waals surface area contributed by atoms with Crippen molar-refractivity contribution in [1.82, 2.24) is 19.7 Å². The SMILES string of the molecule is CCOC(=O)Cc1cnc(NC(=O)Cn2nc(C)c3oc(C4CC4)cc3c2=O)nc1. The molecule has 0 aliphatic heterocycles. The van der Waals surface area contributed by atoms with Crippen molar-refractivity contribution in [3.05, 3.63) is 45.8 Å². The van der Waals surface area contributed by atoms with E-state index in [-0.39, 0.29) is 30.4 Å². The summed E-state index contributed by atoms with van der Waals surface area (Å²) in [6, 6.07) is 1.75. The number of esters is 1. The number of rotatable bonds is 7. The number of anilines is 1. The smallest absolute Gasteiger partial charge is 0.310 e. The molecule has 10 nitrogen and oxygen atoms in total. The monoisotopic (exact) mass is 411 g/mol. The Bertz CT molecular complexity index is 1160. The van der Waals surface area contributed by atoms with Crippen LogP contribution < -0.4 is 10.9 Å². The summed E-state index contributed by atoms with van der Waals surface area (Å²) in [5.74, 6) is 0.366. The van der Waals surface area contributed by atoms with Crippen molar-refractivity contribution in [3.63, 3.8) is 0 Å². The van der Waals surface area contributed by atoms with E-state index in [0.717, 1.165) is 23.3 Å². The maximum Gasteiger partial charge on any atom is 0.310 e. The van der Waals surface area contributed by atoms with Gasteiger partial charge in [-0.1, -0.05) is 0 Å². The predicted octanol–water partition coefficient (Wildman–Crippen LogP) is 1.71. The number of aryl methyl sites for hydroxylation is 1. The van der Waals surface area contributed by atoms with Gasteiger partial charge in [0.25, 0.3) is 5.56 Å². The maximum absolute atomic E-state index is 12.7. The van der Waals surface area contributed by atoms with Crippen molar-refractivity contribution in [2.24, 2.45) is 0 Å². The van der Waals surface area contributed by atoms with E-state index in [1.165, 1.54) is 12.4 Å². The van der Waals surface area contributed by atoms with Gasteiger partial charge in [0.05, 0.1) is 18.4 Å². The van der Waals surface area contributed by atoms with Gasteiger partial charge in [0.15, 0.2) is 5.58 Å². The summed E-state index contributed by atoms with van der Waals surface area (Å²) in [4.78, 5) is 44.6. The van der Waals surface area contributed by atoms with E-state index < -0.39 is 5.91 Å². The van der Waals surface area contributed by atoms with E-state index in [1.54, 1.807) is 19.9 Å². The van der Waals surface area contributed by atoms with Gasteiger partial charge in [-0.2, -0.15) is 5.10 Å². The highest BCUT2D eigenvalue weighted by atomic mass is 16.5. The molecule has 1 saturated carbocycles. The summed E-state index contributed by atoms with van der Waals surface area (Å²) >= 11 is 0. The maximum atomic E-state index is 12.7. The summed E-state index contributed by atoms with van der Waals surface area (Å²) in [5, 5.41) is 7.15. The minimum atomic E-state index is -0.493. The van der Waals surface area contributed by atoms with Gasteiger partial charge in [-0.15, -0.1) is 0 Å². The Morgan fingerprint density at radius 3 is 2.70 bits per heavy atom. The lowest BCUT2D eigenvalue weighted by atomic mass is 10.2. The van der Waals surface area contributed by atoms with Crippen LogP contribution >= 0.6 is 0 Å². The summed E-state index contributed by atoms with van der Waals surface area (Å²) < 4.78 is 11.8. The van der Waals surface area contributed by atoms with Gasteiger partial charge in [-0.25, -0.2) is 14.6 Å². The van der Waals surface area contributed by atoms with Crippen LogP contribution in [0, 0.1) is 6.92 Å². The van der Waals surface area contributed by atoms with Crippen LogP contribution in [0.15, 0.2) is 27.7 Å². The predicted molar refractivity (Wildman–Crippen MR) is 106 cm³/mol. The van der Waals surface area contributed by atoms with E-state index in [9.17, 15) is 14.4 Å². The summed E-state index contributed by atoms with van der Waals surface area (Å²) in [6.07, 6.45) is 5.03. The Hall–Kier alpha value is -3.56. The summed E-state index contributed by atoms with van der Waals surface area (Å²) in [5.41, 5.74) is 1.20. The zero-order valence-electron chi connectivity index (χ0n) is 16.7. The fourth-order valence-corrected chi connectivity index (χ4v) is 3.11. The minimum absolute atomic E-state index is 0.0498. The normalized spacial score (nSPS) is 13.4. The second kappa shape index (κ2) is 8.05. The highest BCUT2D eigenvalue weighted by Crippen LogP contribution is 2.41. The van der Waals surface area contributed by atoms with Crippen LogP contribution in [0.25, 0.3) is 11.0 Å². The Labute approximate surface area is 171 Å². The first kappa shape index (κ1) is 19.7. The zero-order valence-corrected chi connectivity index (χ0v) is 16.7. The number of aromatic nitrogens is 4. The first-order chi connectivity index (χ1) is 14.4. The van der Waals surface area contributed by atoms with E-state index in [2.05, 4.69) is 20.4 Å². The van der Waals surface area contributed by atoms with E-state index >= 15 is 0 Å². The molecule has 3 heterocycles. The molecule has 0 unspecified atom stereocenters. The van der Waals surface area contributed by atoms with Crippen molar-refractivity contribution in [3.8, 4) is 0 Å². The minimum Gasteiger partial charge on any atom is -0.466 e. The fraction of sp³-hybridized carbons (Fsp3) is 0.400. The molecule has 1 aliphatic rings. The van der Waals surface area contributed by atoms with Crippen LogP contribution in [-0.2, 0) is 27.3 Å². The van der Waals surface area contributed by atoms with Gasteiger partial charge in [0.2, 0.25) is 11.9 Å². The number of hydrogen-bond acceptors (Lipinski definition) is 8. The highest BCUT2D eigenvalue weighted by molar-refractivity contribution is 5.89. The molecule has 3 aromatic rings. The molecule has 0 spiro atoms. The molecule has 3 aromatic heterocycles. The molecule has 0 atom stereocenters. The van der Waals surface area contributed by atoms with Gasteiger partial charge in [0.1, 0.15) is 18.0 Å². The summed E-state index contributed by atoms with van der Waals surface area (Å²) in [6.45, 7) is 3.48. The third kappa shape index (κ3) is 4.22. The molecule has 1 fully saturated rings. The molecule has 0 saturated heterocycles. The molecule has 1 aliphatic carbocycles. The molecule has 0 bridgehead atoms. The quantitative estimate of drug-likeness (QED) is 0.582. The first-order valence-corrected chi connectivity index (χ1v) is 9.72. The molecule has 1 N–H and O–H groups in total. The lowest BCUT2D eigenvalue weighted by Crippen LogP contribution is -2.30. The number of amides is 1. The number of nitrogens with one attached hydrogen (secondary N) is 1. The van der Waals surface area contributed by atoms with E-state index in [0.29, 0.717) is 34.8 Å². The second-order valence-corrected chi connectivity index (χ2v) is 7.16. The Morgan fingerprint density at radius 1 is 1.30 bits per heavy atom. The Kier molecular flexibility index (Phi) is 5.30. The number of ether oxygens (including phenoxy) is 1. The molecule has 0 radical (unpaired) electrons. The topological polar surface area (TPSA) is 129 Å². The second-order valence-electron chi connectivity index (χ2n) is 7.16. The molecular weight excluding hydrogens is 390 g/mol. The number of furan rings is 1.